The number of carbonyl (C=O) groups excluding carboxylic acids is 3. The van der Waals surface area contributed by atoms with Crippen LogP contribution in [0.4, 0.5) is 0 Å². The van der Waals surface area contributed by atoms with Crippen LogP contribution in [0.15, 0.2) is 30.3 Å². The van der Waals surface area contributed by atoms with Gasteiger partial charge in [-0.1, -0.05) is 30.3 Å². The first-order valence-corrected chi connectivity index (χ1v) is 5.19. The van der Waals surface area contributed by atoms with Crippen molar-refractivity contribution < 1.29 is 19.1 Å². The summed E-state index contributed by atoms with van der Waals surface area (Å²) in [5.74, 6) is -2.00. The summed E-state index contributed by atoms with van der Waals surface area (Å²) < 4.78 is 4.96. The van der Waals surface area contributed by atoms with Gasteiger partial charge in [0.2, 0.25) is 11.6 Å². The number of benzene rings is 1. The maximum absolute atomic E-state index is 11.5. The van der Waals surface area contributed by atoms with Crippen LogP contribution < -0.4 is 5.32 Å². The second-order valence-electron chi connectivity index (χ2n) is 3.69. The fourth-order valence-electron chi connectivity index (χ4n) is 1.54. The number of ether oxygens (including phenoxy) is 1. The summed E-state index contributed by atoms with van der Waals surface area (Å²) in [6.45, 7) is 0.00323. The molecule has 1 atom stereocenters. The van der Waals surface area contributed by atoms with E-state index >= 15 is 0 Å². The highest BCUT2D eigenvalue weighted by Crippen LogP contribution is 2.04. The van der Waals surface area contributed by atoms with Gasteiger partial charge in [0.05, 0.1) is 6.54 Å². The Labute approximate surface area is 97.8 Å². The number of hydrogen-bond acceptors (Lipinski definition) is 5. The van der Waals surface area contributed by atoms with Gasteiger partial charge in [0.15, 0.2) is 6.04 Å². The lowest BCUT2D eigenvalue weighted by Crippen LogP contribution is -2.37. The zero-order valence-corrected chi connectivity index (χ0v) is 9.01. The van der Waals surface area contributed by atoms with Crippen LogP contribution in [0, 0.1) is 0 Å². The lowest BCUT2D eigenvalue weighted by atomic mass is 10.2. The molecule has 0 unspecified atom stereocenters. The molecule has 1 aliphatic heterocycles. The molecule has 0 bridgehead atoms. The molecule has 17 heavy (non-hydrogen) atoms. The Morgan fingerprint density at radius 3 is 2.59 bits per heavy atom. The van der Waals surface area contributed by atoms with Gasteiger partial charge in [0.1, 0.15) is 6.61 Å². The van der Waals surface area contributed by atoms with Crippen LogP contribution in [0.5, 0.6) is 0 Å². The van der Waals surface area contributed by atoms with E-state index in [1.807, 2.05) is 30.3 Å². The van der Waals surface area contributed by atoms with Crippen LogP contribution in [0.1, 0.15) is 5.56 Å². The predicted molar refractivity (Wildman–Crippen MR) is 58.0 cm³/mol. The summed E-state index contributed by atoms with van der Waals surface area (Å²) >= 11 is 0. The minimum Gasteiger partial charge on any atom is -0.459 e. The van der Waals surface area contributed by atoms with Gasteiger partial charge < -0.3 is 4.74 Å². The van der Waals surface area contributed by atoms with E-state index in [0.29, 0.717) is 0 Å². The van der Waals surface area contributed by atoms with Gasteiger partial charge in [-0.2, -0.15) is 0 Å². The summed E-state index contributed by atoms with van der Waals surface area (Å²) in [6, 6.07) is 7.99. The Bertz CT molecular complexity index is 455. The maximum atomic E-state index is 11.5. The first kappa shape index (κ1) is 11.5. The third-order valence-corrected chi connectivity index (χ3v) is 2.46. The lowest BCUT2D eigenvalue weighted by molar-refractivity contribution is -0.150. The monoisotopic (exact) mass is 233 g/mol. The van der Waals surface area contributed by atoms with E-state index in [-0.39, 0.29) is 13.2 Å². The Kier molecular flexibility index (Phi) is 3.30. The van der Waals surface area contributed by atoms with Gasteiger partial charge in [0.25, 0.3) is 0 Å². The Hall–Kier alpha value is -2.01. The molecule has 1 saturated heterocycles. The summed E-state index contributed by atoms with van der Waals surface area (Å²) in [6.07, 6.45) is 0. The van der Waals surface area contributed by atoms with Gasteiger partial charge >= 0.3 is 5.97 Å². The van der Waals surface area contributed by atoms with Crippen molar-refractivity contribution in [1.82, 2.24) is 5.32 Å². The number of Topliss-reactive ketones (excluding diaryl/α,β-unsaturated/α-hetero) is 2. The van der Waals surface area contributed by atoms with Crippen molar-refractivity contribution >= 4 is 17.5 Å². The molecular weight excluding hydrogens is 222 g/mol. The topological polar surface area (TPSA) is 72.5 Å². The zero-order chi connectivity index (χ0) is 12.3. The molecule has 1 aromatic carbocycles. The normalized spacial score (nSPS) is 19.4. The van der Waals surface area contributed by atoms with Crippen molar-refractivity contribution in [3.63, 3.8) is 0 Å². The summed E-state index contributed by atoms with van der Waals surface area (Å²) in [4.78, 5) is 33.7. The number of esters is 1. The lowest BCUT2D eigenvalue weighted by Gasteiger charge is -2.08. The maximum Gasteiger partial charge on any atom is 0.331 e. The van der Waals surface area contributed by atoms with Crippen LogP contribution in [0.25, 0.3) is 0 Å². The molecule has 0 radical (unpaired) electrons. The van der Waals surface area contributed by atoms with Crippen molar-refractivity contribution in [2.24, 2.45) is 0 Å². The van der Waals surface area contributed by atoms with Crippen molar-refractivity contribution in [1.29, 1.82) is 0 Å². The second-order valence-corrected chi connectivity index (χ2v) is 3.69. The van der Waals surface area contributed by atoms with E-state index in [1.165, 1.54) is 0 Å². The van der Waals surface area contributed by atoms with E-state index in [9.17, 15) is 14.4 Å². The van der Waals surface area contributed by atoms with Crippen molar-refractivity contribution in [2.45, 2.75) is 12.6 Å². The molecule has 5 heteroatoms. The highest BCUT2D eigenvalue weighted by atomic mass is 16.5. The van der Waals surface area contributed by atoms with Crippen LogP contribution in [-0.4, -0.2) is 30.1 Å². The molecule has 1 aromatic rings. The number of hydrogen-bond donors (Lipinski definition) is 1. The molecule has 2 rings (SSSR count). The predicted octanol–water partition coefficient (Wildman–Crippen LogP) is -0.160. The Balaban J connectivity index is 1.90. The third kappa shape index (κ3) is 2.57. The molecule has 1 fully saturated rings. The molecule has 1 N–H and O–H groups in total. The molecule has 0 amide bonds. The van der Waals surface area contributed by atoms with Crippen LogP contribution in [-0.2, 0) is 25.7 Å². The van der Waals surface area contributed by atoms with Crippen LogP contribution in [0.2, 0.25) is 0 Å². The third-order valence-electron chi connectivity index (χ3n) is 2.46. The Morgan fingerprint density at radius 1 is 1.29 bits per heavy atom. The molecule has 0 aromatic heterocycles. The average Bonchev–Trinajstić information content (AvgIpc) is 2.69. The standard InChI is InChI=1S/C12H11NO4/c14-9-6-13-10(11(9)15)12(16)17-7-8-4-2-1-3-5-8/h1-5,10,13H,6-7H2/t10-/m0/s1. The quantitative estimate of drug-likeness (QED) is 0.446. The average molecular weight is 233 g/mol. The SMILES string of the molecule is O=C1CN[C@H](C(=O)OCc2ccccc2)C1=O. The largest absolute Gasteiger partial charge is 0.459 e. The molecule has 1 aliphatic rings. The Morgan fingerprint density at radius 2 is 2.00 bits per heavy atom. The van der Waals surface area contributed by atoms with Crippen LogP contribution >= 0.6 is 0 Å². The minimum absolute atomic E-state index is 0.0933. The van der Waals surface area contributed by atoms with Gasteiger partial charge in [-0.25, -0.2) is 4.79 Å². The number of nitrogens with one attached hydrogen (secondary N) is 1. The van der Waals surface area contributed by atoms with E-state index < -0.39 is 23.6 Å². The highest BCUT2D eigenvalue weighted by Gasteiger charge is 2.38. The molecule has 1 heterocycles. The zero-order valence-electron chi connectivity index (χ0n) is 9.01. The first-order chi connectivity index (χ1) is 8.18. The van der Waals surface area contributed by atoms with E-state index in [2.05, 4.69) is 5.32 Å². The van der Waals surface area contributed by atoms with Crippen molar-refractivity contribution in [3.8, 4) is 0 Å². The number of carbonyl (C=O) groups is 3. The van der Waals surface area contributed by atoms with Gasteiger partial charge in [-0.05, 0) is 5.56 Å². The summed E-state index contributed by atoms with van der Waals surface area (Å²) in [7, 11) is 0. The number of rotatable bonds is 3. The molecule has 0 spiro atoms. The number of ketones is 2. The molecule has 0 aliphatic carbocycles. The van der Waals surface area contributed by atoms with Crippen LogP contribution in [0.3, 0.4) is 0 Å². The fourth-order valence-corrected chi connectivity index (χ4v) is 1.54. The molecule has 5 nitrogen and oxygen atoms in total. The summed E-state index contributed by atoms with van der Waals surface area (Å²) in [5, 5.41) is 2.52. The van der Waals surface area contributed by atoms with Gasteiger partial charge in [-0.3, -0.25) is 14.9 Å². The van der Waals surface area contributed by atoms with E-state index in [0.717, 1.165) is 5.56 Å². The molecule has 0 saturated carbocycles. The van der Waals surface area contributed by atoms with Gasteiger partial charge in [0, 0.05) is 0 Å². The van der Waals surface area contributed by atoms with Gasteiger partial charge in [-0.15, -0.1) is 0 Å². The minimum atomic E-state index is -1.13. The smallest absolute Gasteiger partial charge is 0.331 e. The molecular formula is C12H11NO4. The second kappa shape index (κ2) is 4.88. The van der Waals surface area contributed by atoms with Crippen molar-refractivity contribution in [3.05, 3.63) is 35.9 Å². The van der Waals surface area contributed by atoms with E-state index in [1.54, 1.807) is 0 Å². The summed E-state index contributed by atoms with van der Waals surface area (Å²) in [5.41, 5.74) is 0.831. The van der Waals surface area contributed by atoms with E-state index in [4.69, 9.17) is 4.74 Å². The fraction of sp³-hybridized carbons (Fsp3) is 0.250. The molecule has 88 valence electrons. The highest BCUT2D eigenvalue weighted by molar-refractivity contribution is 6.45. The van der Waals surface area contributed by atoms with Crippen molar-refractivity contribution in [2.75, 3.05) is 6.54 Å². The first-order valence-electron chi connectivity index (χ1n) is 5.19.